The number of piperidine rings is 1. The summed E-state index contributed by atoms with van der Waals surface area (Å²) in [6.45, 7) is 3.04. The SMILES string of the molecule is CCN(c1cc(=O)[nH]cn1)C1CC2CCC(C1)N2. The Labute approximate surface area is 107 Å². The molecule has 0 aromatic carbocycles. The normalized spacial score (nSPS) is 30.4. The van der Waals surface area contributed by atoms with Crippen molar-refractivity contribution in [3.63, 3.8) is 0 Å². The van der Waals surface area contributed by atoms with Gasteiger partial charge in [0.25, 0.3) is 5.56 Å². The minimum atomic E-state index is -0.0737. The van der Waals surface area contributed by atoms with E-state index in [1.165, 1.54) is 32.0 Å². The van der Waals surface area contributed by atoms with Crippen molar-refractivity contribution in [3.05, 3.63) is 22.7 Å². The molecule has 2 aliphatic heterocycles. The lowest BCUT2D eigenvalue weighted by Crippen LogP contribution is -2.48. The summed E-state index contributed by atoms with van der Waals surface area (Å²) in [7, 11) is 0. The summed E-state index contributed by atoms with van der Waals surface area (Å²) in [5.41, 5.74) is -0.0737. The van der Waals surface area contributed by atoms with E-state index in [-0.39, 0.29) is 5.56 Å². The minimum Gasteiger partial charge on any atom is -0.354 e. The van der Waals surface area contributed by atoms with Crippen LogP contribution < -0.4 is 15.8 Å². The Kier molecular flexibility index (Phi) is 3.07. The van der Waals surface area contributed by atoms with Gasteiger partial charge in [0.05, 0.1) is 6.33 Å². The standard InChI is InChI=1S/C13H20N4O/c1-2-17(12-7-13(18)15-8-14-12)11-5-9-3-4-10(6-11)16-9/h7-11,16H,2-6H2,1H3,(H,14,15,18). The van der Waals surface area contributed by atoms with Crippen molar-refractivity contribution in [1.29, 1.82) is 0 Å². The van der Waals surface area contributed by atoms with Gasteiger partial charge in [0.2, 0.25) is 0 Å². The van der Waals surface area contributed by atoms with E-state index in [0.717, 1.165) is 12.4 Å². The lowest BCUT2D eigenvalue weighted by molar-refractivity contribution is 0.348. The van der Waals surface area contributed by atoms with Gasteiger partial charge in [-0.3, -0.25) is 4.79 Å². The van der Waals surface area contributed by atoms with Crippen LogP contribution in [0.2, 0.25) is 0 Å². The maximum Gasteiger partial charge on any atom is 0.252 e. The van der Waals surface area contributed by atoms with E-state index in [4.69, 9.17) is 0 Å². The van der Waals surface area contributed by atoms with Crippen LogP contribution in [-0.2, 0) is 0 Å². The summed E-state index contributed by atoms with van der Waals surface area (Å²) in [5, 5.41) is 3.65. The second kappa shape index (κ2) is 4.72. The number of hydrogen-bond acceptors (Lipinski definition) is 4. The molecule has 3 heterocycles. The smallest absolute Gasteiger partial charge is 0.252 e. The van der Waals surface area contributed by atoms with Gasteiger partial charge in [-0.2, -0.15) is 0 Å². The number of aromatic amines is 1. The highest BCUT2D eigenvalue weighted by molar-refractivity contribution is 5.38. The van der Waals surface area contributed by atoms with Gasteiger partial charge in [0.15, 0.2) is 0 Å². The van der Waals surface area contributed by atoms with Crippen LogP contribution in [-0.4, -0.2) is 34.6 Å². The number of anilines is 1. The van der Waals surface area contributed by atoms with Crippen molar-refractivity contribution >= 4 is 5.82 Å². The van der Waals surface area contributed by atoms with Gasteiger partial charge >= 0.3 is 0 Å². The molecule has 3 rings (SSSR count). The highest BCUT2D eigenvalue weighted by Crippen LogP contribution is 2.31. The Hall–Kier alpha value is -1.36. The lowest BCUT2D eigenvalue weighted by Gasteiger charge is -2.37. The molecule has 1 aromatic rings. The Balaban J connectivity index is 1.82. The first kappa shape index (κ1) is 11.7. The number of rotatable bonds is 3. The molecule has 1 aromatic heterocycles. The number of fused-ring (bicyclic) bond motifs is 2. The van der Waals surface area contributed by atoms with E-state index >= 15 is 0 Å². The molecule has 0 aliphatic carbocycles. The van der Waals surface area contributed by atoms with Crippen molar-refractivity contribution in [2.75, 3.05) is 11.4 Å². The maximum atomic E-state index is 11.4. The third-order valence-corrected chi connectivity index (χ3v) is 4.19. The fourth-order valence-corrected chi connectivity index (χ4v) is 3.40. The summed E-state index contributed by atoms with van der Waals surface area (Å²) in [6.07, 6.45) is 6.41. The Bertz CT molecular complexity index is 460. The van der Waals surface area contributed by atoms with E-state index in [1.54, 1.807) is 6.07 Å². The molecule has 5 nitrogen and oxygen atoms in total. The third-order valence-electron chi connectivity index (χ3n) is 4.19. The first-order valence-electron chi connectivity index (χ1n) is 6.83. The van der Waals surface area contributed by atoms with E-state index in [1.807, 2.05) is 0 Å². The zero-order valence-corrected chi connectivity index (χ0v) is 10.7. The van der Waals surface area contributed by atoms with Gasteiger partial charge in [-0.25, -0.2) is 4.98 Å². The van der Waals surface area contributed by atoms with Crippen LogP contribution in [0.3, 0.4) is 0 Å². The van der Waals surface area contributed by atoms with Crippen molar-refractivity contribution in [2.24, 2.45) is 0 Å². The molecule has 2 bridgehead atoms. The van der Waals surface area contributed by atoms with Crippen LogP contribution in [0.15, 0.2) is 17.2 Å². The summed E-state index contributed by atoms with van der Waals surface area (Å²) >= 11 is 0. The van der Waals surface area contributed by atoms with Crippen LogP contribution in [0.4, 0.5) is 5.82 Å². The molecule has 0 spiro atoms. The summed E-state index contributed by atoms with van der Waals surface area (Å²) in [4.78, 5) is 20.6. The molecule has 18 heavy (non-hydrogen) atoms. The van der Waals surface area contributed by atoms with Crippen molar-refractivity contribution < 1.29 is 0 Å². The number of nitrogens with one attached hydrogen (secondary N) is 2. The van der Waals surface area contributed by atoms with Crippen molar-refractivity contribution in [2.45, 2.75) is 50.7 Å². The molecular formula is C13H20N4O. The van der Waals surface area contributed by atoms with Gasteiger partial charge in [-0.05, 0) is 32.6 Å². The van der Waals surface area contributed by atoms with Gasteiger partial charge in [0, 0.05) is 30.7 Å². The topological polar surface area (TPSA) is 61.0 Å². The van der Waals surface area contributed by atoms with E-state index < -0.39 is 0 Å². The van der Waals surface area contributed by atoms with Crippen molar-refractivity contribution in [1.82, 2.24) is 15.3 Å². The van der Waals surface area contributed by atoms with Gasteiger partial charge in [-0.1, -0.05) is 0 Å². The van der Waals surface area contributed by atoms with Gasteiger partial charge in [0.1, 0.15) is 5.82 Å². The molecule has 2 aliphatic rings. The zero-order valence-electron chi connectivity index (χ0n) is 10.7. The number of hydrogen-bond donors (Lipinski definition) is 2. The van der Waals surface area contributed by atoms with Crippen LogP contribution in [0.25, 0.3) is 0 Å². The molecule has 98 valence electrons. The fourth-order valence-electron chi connectivity index (χ4n) is 3.40. The molecule has 0 amide bonds. The summed E-state index contributed by atoms with van der Waals surface area (Å²) < 4.78 is 0. The number of nitrogens with zero attached hydrogens (tertiary/aromatic N) is 2. The van der Waals surface area contributed by atoms with E-state index in [0.29, 0.717) is 18.1 Å². The molecule has 2 atom stereocenters. The highest BCUT2D eigenvalue weighted by Gasteiger charge is 2.36. The molecular weight excluding hydrogens is 228 g/mol. The van der Waals surface area contributed by atoms with Gasteiger partial charge in [-0.15, -0.1) is 0 Å². The highest BCUT2D eigenvalue weighted by atomic mass is 16.1. The first-order valence-corrected chi connectivity index (χ1v) is 6.83. The summed E-state index contributed by atoms with van der Waals surface area (Å²) in [6, 6.07) is 3.44. The minimum absolute atomic E-state index is 0.0737. The first-order chi connectivity index (χ1) is 8.76. The van der Waals surface area contributed by atoms with Crippen LogP contribution in [0.1, 0.15) is 32.6 Å². The largest absolute Gasteiger partial charge is 0.354 e. The predicted octanol–water partition coefficient (Wildman–Crippen LogP) is 0.879. The molecule has 2 unspecified atom stereocenters. The zero-order chi connectivity index (χ0) is 12.5. The number of aromatic nitrogens is 2. The molecule has 2 N–H and O–H groups in total. The summed E-state index contributed by atoms with van der Waals surface area (Å²) in [5.74, 6) is 0.813. The lowest BCUT2D eigenvalue weighted by atomic mass is 9.98. The van der Waals surface area contributed by atoms with E-state index in [9.17, 15) is 4.79 Å². The molecule has 5 heteroatoms. The second-order valence-electron chi connectivity index (χ2n) is 5.32. The molecule has 0 saturated carbocycles. The van der Waals surface area contributed by atoms with Crippen LogP contribution >= 0.6 is 0 Å². The van der Waals surface area contributed by atoms with Gasteiger partial charge < -0.3 is 15.2 Å². The second-order valence-corrected chi connectivity index (χ2v) is 5.32. The molecule has 2 saturated heterocycles. The fraction of sp³-hybridized carbons (Fsp3) is 0.692. The quantitative estimate of drug-likeness (QED) is 0.833. The van der Waals surface area contributed by atoms with Crippen LogP contribution in [0.5, 0.6) is 0 Å². The molecule has 0 radical (unpaired) electrons. The predicted molar refractivity (Wildman–Crippen MR) is 70.8 cm³/mol. The number of H-pyrrole nitrogens is 1. The average molecular weight is 248 g/mol. The average Bonchev–Trinajstić information content (AvgIpc) is 2.70. The maximum absolute atomic E-state index is 11.4. The Morgan fingerprint density at radius 1 is 1.39 bits per heavy atom. The Morgan fingerprint density at radius 3 is 2.72 bits per heavy atom. The monoisotopic (exact) mass is 248 g/mol. The van der Waals surface area contributed by atoms with E-state index in [2.05, 4.69) is 27.1 Å². The van der Waals surface area contributed by atoms with Crippen molar-refractivity contribution in [3.8, 4) is 0 Å². The molecule has 2 fully saturated rings. The van der Waals surface area contributed by atoms with Crippen LogP contribution in [0, 0.1) is 0 Å². The Morgan fingerprint density at radius 2 is 2.11 bits per heavy atom. The third kappa shape index (κ3) is 2.14.